The zero-order chi connectivity index (χ0) is 22.0. The number of ether oxygens (including phenoxy) is 2. The Bertz CT molecular complexity index is 1080. The number of benzene rings is 1. The van der Waals surface area contributed by atoms with Gasteiger partial charge in [0, 0.05) is 44.4 Å². The number of rotatable bonds is 7. The molecular formula is C21H26ClN5O3S. The van der Waals surface area contributed by atoms with E-state index in [0.29, 0.717) is 28.1 Å². The maximum absolute atomic E-state index is 13.5. The van der Waals surface area contributed by atoms with Crippen molar-refractivity contribution in [2.24, 2.45) is 7.05 Å². The molecule has 0 spiro atoms. The summed E-state index contributed by atoms with van der Waals surface area (Å²) in [6.07, 6.45) is 2.51. The lowest BCUT2D eigenvalue weighted by molar-refractivity contribution is 0.0376. The molecule has 0 atom stereocenters. The summed E-state index contributed by atoms with van der Waals surface area (Å²) in [6, 6.07) is 3.82. The van der Waals surface area contributed by atoms with Crippen LogP contribution in [0.3, 0.4) is 0 Å². The van der Waals surface area contributed by atoms with Crippen LogP contribution in [0.2, 0.25) is 5.02 Å². The Morgan fingerprint density at radius 1 is 1.35 bits per heavy atom. The molecule has 3 aromatic rings. The van der Waals surface area contributed by atoms with Gasteiger partial charge in [-0.3, -0.25) is 19.3 Å². The van der Waals surface area contributed by atoms with Crippen LogP contribution in [-0.2, 0) is 11.8 Å². The van der Waals surface area contributed by atoms with Crippen LogP contribution in [0.15, 0.2) is 18.3 Å². The predicted molar refractivity (Wildman–Crippen MR) is 123 cm³/mol. The highest BCUT2D eigenvalue weighted by molar-refractivity contribution is 7.22. The summed E-state index contributed by atoms with van der Waals surface area (Å²) in [7, 11) is 3.29. The normalized spacial score (nSPS) is 14.8. The Morgan fingerprint density at radius 3 is 2.87 bits per heavy atom. The average molecular weight is 464 g/mol. The molecule has 0 bridgehead atoms. The number of nitrogens with zero attached hydrogens (tertiary/aromatic N) is 5. The maximum Gasteiger partial charge on any atom is 0.267 e. The first-order valence-electron chi connectivity index (χ1n) is 10.2. The standard InChI is InChI=1S/C21H26ClN5O3S/c1-14-16(22)5-6-17-18(14)23-21(31-17)27(8-4-7-26-9-11-30-12-10-26)20(28)15-13-25(2)24-19(15)29-3/h5-6,13H,4,7-12H2,1-3H3. The van der Waals surface area contributed by atoms with Crippen molar-refractivity contribution >= 4 is 44.2 Å². The fourth-order valence-corrected chi connectivity index (χ4v) is 4.88. The third-order valence-electron chi connectivity index (χ3n) is 5.39. The number of carbonyl (C=O) groups is 1. The van der Waals surface area contributed by atoms with Crippen molar-refractivity contribution in [1.29, 1.82) is 0 Å². The second-order valence-electron chi connectivity index (χ2n) is 7.51. The number of aryl methyl sites for hydroxylation is 2. The SMILES string of the molecule is COc1nn(C)cc1C(=O)N(CCCN1CCOCC1)c1nc2c(C)c(Cl)ccc2s1. The Morgan fingerprint density at radius 2 is 2.13 bits per heavy atom. The van der Waals surface area contributed by atoms with Crippen LogP contribution < -0.4 is 9.64 Å². The van der Waals surface area contributed by atoms with Gasteiger partial charge in [0.05, 0.1) is 30.5 Å². The van der Waals surface area contributed by atoms with E-state index in [1.165, 1.54) is 18.4 Å². The van der Waals surface area contributed by atoms with E-state index >= 15 is 0 Å². The number of amides is 1. The predicted octanol–water partition coefficient (Wildman–Crippen LogP) is 3.37. The van der Waals surface area contributed by atoms with Gasteiger partial charge in [0.2, 0.25) is 5.88 Å². The molecule has 4 rings (SSSR count). The van der Waals surface area contributed by atoms with Crippen LogP contribution in [0.25, 0.3) is 10.2 Å². The molecule has 31 heavy (non-hydrogen) atoms. The third kappa shape index (κ3) is 4.69. The minimum Gasteiger partial charge on any atom is -0.479 e. The van der Waals surface area contributed by atoms with E-state index in [2.05, 4.69) is 10.00 Å². The number of halogens is 1. The summed E-state index contributed by atoms with van der Waals surface area (Å²) in [5.74, 6) is 0.140. The lowest BCUT2D eigenvalue weighted by atomic mass is 10.2. The topological polar surface area (TPSA) is 72.7 Å². The van der Waals surface area contributed by atoms with Crippen LogP contribution in [0.4, 0.5) is 5.13 Å². The Hall–Kier alpha value is -2.20. The molecule has 0 N–H and O–H groups in total. The average Bonchev–Trinajstić information content (AvgIpc) is 3.38. The molecule has 1 aromatic carbocycles. The van der Waals surface area contributed by atoms with Crippen molar-refractivity contribution in [2.75, 3.05) is 51.4 Å². The van der Waals surface area contributed by atoms with Gasteiger partial charge in [0.25, 0.3) is 5.91 Å². The maximum atomic E-state index is 13.5. The Kier molecular flexibility index (Phi) is 6.76. The molecule has 2 aromatic heterocycles. The number of fused-ring (bicyclic) bond motifs is 1. The number of hydrogen-bond donors (Lipinski definition) is 0. The second kappa shape index (κ2) is 9.52. The Labute approximate surface area is 190 Å². The van der Waals surface area contributed by atoms with Gasteiger partial charge in [-0.2, -0.15) is 0 Å². The number of thiazole rings is 1. The molecule has 0 saturated carbocycles. The van der Waals surface area contributed by atoms with Gasteiger partial charge in [0.1, 0.15) is 5.56 Å². The molecule has 0 aliphatic carbocycles. The van der Waals surface area contributed by atoms with Crippen LogP contribution in [-0.4, -0.2) is 72.1 Å². The van der Waals surface area contributed by atoms with Gasteiger partial charge < -0.3 is 9.47 Å². The van der Waals surface area contributed by atoms with Crippen molar-refractivity contribution in [2.45, 2.75) is 13.3 Å². The number of methoxy groups -OCH3 is 1. The molecule has 1 aliphatic rings. The van der Waals surface area contributed by atoms with Crippen molar-refractivity contribution in [3.63, 3.8) is 0 Å². The van der Waals surface area contributed by atoms with Gasteiger partial charge >= 0.3 is 0 Å². The summed E-state index contributed by atoms with van der Waals surface area (Å²) >= 11 is 7.78. The molecule has 1 fully saturated rings. The van der Waals surface area contributed by atoms with Gasteiger partial charge in [-0.15, -0.1) is 5.10 Å². The molecule has 1 aliphatic heterocycles. The summed E-state index contributed by atoms with van der Waals surface area (Å²) in [6.45, 7) is 6.74. The smallest absolute Gasteiger partial charge is 0.267 e. The summed E-state index contributed by atoms with van der Waals surface area (Å²) < 4.78 is 13.3. The van der Waals surface area contributed by atoms with E-state index in [-0.39, 0.29) is 5.91 Å². The number of aromatic nitrogens is 3. The van der Waals surface area contributed by atoms with E-state index in [1.807, 2.05) is 19.1 Å². The van der Waals surface area contributed by atoms with Crippen molar-refractivity contribution in [3.8, 4) is 5.88 Å². The number of morpholine rings is 1. The number of anilines is 1. The van der Waals surface area contributed by atoms with Gasteiger partial charge in [-0.25, -0.2) is 4.98 Å². The van der Waals surface area contributed by atoms with Crippen LogP contribution in [0.1, 0.15) is 22.3 Å². The van der Waals surface area contributed by atoms with E-state index in [1.54, 1.807) is 22.8 Å². The Balaban J connectivity index is 1.63. The highest BCUT2D eigenvalue weighted by Crippen LogP contribution is 2.34. The van der Waals surface area contributed by atoms with Crippen molar-refractivity contribution in [1.82, 2.24) is 19.7 Å². The fraction of sp³-hybridized carbons (Fsp3) is 0.476. The quantitative estimate of drug-likeness (QED) is 0.535. The van der Waals surface area contributed by atoms with Crippen LogP contribution >= 0.6 is 22.9 Å². The number of carbonyl (C=O) groups excluding carboxylic acids is 1. The highest BCUT2D eigenvalue weighted by Gasteiger charge is 2.26. The first-order valence-corrected chi connectivity index (χ1v) is 11.4. The zero-order valence-electron chi connectivity index (χ0n) is 17.9. The molecule has 0 radical (unpaired) electrons. The van der Waals surface area contributed by atoms with Gasteiger partial charge in [-0.1, -0.05) is 22.9 Å². The number of hydrogen-bond acceptors (Lipinski definition) is 7. The molecule has 3 heterocycles. The molecule has 166 valence electrons. The second-order valence-corrected chi connectivity index (χ2v) is 8.92. The van der Waals surface area contributed by atoms with Crippen LogP contribution in [0.5, 0.6) is 5.88 Å². The molecule has 0 unspecified atom stereocenters. The fourth-order valence-electron chi connectivity index (χ4n) is 3.68. The van der Waals surface area contributed by atoms with E-state index < -0.39 is 0 Å². The highest BCUT2D eigenvalue weighted by atomic mass is 35.5. The molecule has 8 nitrogen and oxygen atoms in total. The summed E-state index contributed by atoms with van der Waals surface area (Å²) in [4.78, 5) is 22.4. The minimum absolute atomic E-state index is 0.172. The van der Waals surface area contributed by atoms with Crippen LogP contribution in [0, 0.1) is 6.92 Å². The monoisotopic (exact) mass is 463 g/mol. The van der Waals surface area contributed by atoms with E-state index in [9.17, 15) is 4.79 Å². The first kappa shape index (κ1) is 22.0. The molecule has 1 saturated heterocycles. The molecule has 1 amide bonds. The molecule has 10 heteroatoms. The summed E-state index contributed by atoms with van der Waals surface area (Å²) in [5, 5.41) is 5.56. The third-order valence-corrected chi connectivity index (χ3v) is 6.84. The zero-order valence-corrected chi connectivity index (χ0v) is 19.5. The van der Waals surface area contributed by atoms with Gasteiger partial charge in [0.15, 0.2) is 5.13 Å². The van der Waals surface area contributed by atoms with E-state index in [0.717, 1.165) is 55.0 Å². The summed E-state index contributed by atoms with van der Waals surface area (Å²) in [5.41, 5.74) is 2.17. The first-order chi connectivity index (χ1) is 15.0. The van der Waals surface area contributed by atoms with Gasteiger partial charge in [-0.05, 0) is 31.0 Å². The minimum atomic E-state index is -0.172. The van der Waals surface area contributed by atoms with E-state index in [4.69, 9.17) is 26.1 Å². The largest absolute Gasteiger partial charge is 0.479 e. The lowest BCUT2D eigenvalue weighted by Gasteiger charge is -2.27. The van der Waals surface area contributed by atoms with Crippen molar-refractivity contribution < 1.29 is 14.3 Å². The molecular weight excluding hydrogens is 438 g/mol. The lowest BCUT2D eigenvalue weighted by Crippen LogP contribution is -2.39. The van der Waals surface area contributed by atoms with Crippen molar-refractivity contribution in [3.05, 3.63) is 34.5 Å².